The van der Waals surface area contributed by atoms with Gasteiger partial charge in [-0.2, -0.15) is 5.10 Å². The second kappa shape index (κ2) is 16.1. The van der Waals surface area contributed by atoms with Crippen molar-refractivity contribution in [2.24, 2.45) is 0 Å². The van der Waals surface area contributed by atoms with Gasteiger partial charge in [-0.05, 0) is 64.1 Å². The van der Waals surface area contributed by atoms with Crippen LogP contribution in [0.1, 0.15) is 82.6 Å². The average molecular weight is 791 g/mol. The van der Waals surface area contributed by atoms with E-state index in [-0.39, 0.29) is 60.1 Å². The standard InChI is InChI=1S/C40H42N10O8/c1-7-42-29(13-21(3)41)35(51)45-39-43-27-15-23(37(53)55-5)17-31-33(27)49(39)25(19-57-31)11-9-10-12-26-20-58-32-18-24(38(54)56-6)16-28-34(32)50(26)40(44-28)46-36(52)30-14-22(4)47-48(30)8-2/h13-18,25-26,41-42H,7-8,11-12,19-20H2,1-6H3,(H,43,45,51)(H,44,46,52)/b29-13-,41-21?/t25-,26-/m0/s1. The lowest BCUT2D eigenvalue weighted by Crippen LogP contribution is -2.29. The molecule has 3 aromatic heterocycles. The third-order valence-electron chi connectivity index (χ3n) is 9.59. The summed E-state index contributed by atoms with van der Waals surface area (Å²) in [7, 11) is 2.58. The summed E-state index contributed by atoms with van der Waals surface area (Å²) < 4.78 is 27.5. The van der Waals surface area contributed by atoms with Crippen LogP contribution < -0.4 is 25.4 Å². The van der Waals surface area contributed by atoms with Crippen LogP contribution in [0.3, 0.4) is 0 Å². The highest BCUT2D eigenvalue weighted by Gasteiger charge is 2.31. The molecule has 18 nitrogen and oxygen atoms in total. The minimum absolute atomic E-state index is 0.157. The molecule has 0 spiro atoms. The zero-order valence-electron chi connectivity index (χ0n) is 32.8. The number of anilines is 2. The number of esters is 2. The van der Waals surface area contributed by atoms with Crippen molar-refractivity contribution in [3.8, 4) is 23.3 Å². The fourth-order valence-corrected chi connectivity index (χ4v) is 7.08. The van der Waals surface area contributed by atoms with Crippen LogP contribution in [0.2, 0.25) is 0 Å². The maximum absolute atomic E-state index is 13.6. The number of carbonyl (C=O) groups is 4. The van der Waals surface area contributed by atoms with E-state index in [1.807, 2.05) is 29.9 Å². The molecule has 2 atom stereocenters. The van der Waals surface area contributed by atoms with Crippen molar-refractivity contribution < 1.29 is 38.1 Å². The summed E-state index contributed by atoms with van der Waals surface area (Å²) in [6.45, 7) is 8.40. The molecule has 0 saturated heterocycles. The number of hydrogen-bond acceptors (Lipinski definition) is 13. The molecular weight excluding hydrogens is 749 g/mol. The summed E-state index contributed by atoms with van der Waals surface area (Å²) in [5.74, 6) is 5.83. The Morgan fingerprint density at radius 1 is 0.862 bits per heavy atom. The van der Waals surface area contributed by atoms with Crippen LogP contribution in [-0.4, -0.2) is 92.3 Å². The van der Waals surface area contributed by atoms with Gasteiger partial charge in [0.1, 0.15) is 47.1 Å². The summed E-state index contributed by atoms with van der Waals surface area (Å²) in [5, 5.41) is 21.1. The first-order valence-corrected chi connectivity index (χ1v) is 18.6. The number of aromatic nitrogens is 6. The number of benzene rings is 2. The predicted molar refractivity (Wildman–Crippen MR) is 213 cm³/mol. The minimum atomic E-state index is -0.563. The number of nitrogens with zero attached hydrogens (tertiary/aromatic N) is 6. The molecule has 7 rings (SSSR count). The Bertz CT molecular complexity index is 2610. The van der Waals surface area contributed by atoms with Crippen LogP contribution in [-0.2, 0) is 20.8 Å². The van der Waals surface area contributed by atoms with E-state index in [0.29, 0.717) is 64.5 Å². The number of methoxy groups -OCH3 is 2. The second-order valence-electron chi connectivity index (χ2n) is 13.6. The number of carbonyl (C=O) groups excluding carboxylic acids is 4. The molecule has 0 bridgehead atoms. The molecule has 0 fully saturated rings. The highest BCUT2D eigenvalue weighted by atomic mass is 16.5. The molecule has 5 aromatic rings. The van der Waals surface area contributed by atoms with Crippen molar-refractivity contribution in [2.45, 2.75) is 59.2 Å². The molecule has 5 heterocycles. The number of amides is 2. The Balaban J connectivity index is 1.20. The number of rotatable bonds is 12. The number of ether oxygens (including phenoxy) is 4. The van der Waals surface area contributed by atoms with Crippen molar-refractivity contribution in [1.82, 2.24) is 34.2 Å². The summed E-state index contributed by atoms with van der Waals surface area (Å²) in [4.78, 5) is 61.5. The maximum Gasteiger partial charge on any atom is 0.338 e. The first kappa shape index (κ1) is 39.1. The number of imidazole rings is 2. The molecule has 18 heteroatoms. The Morgan fingerprint density at radius 2 is 1.40 bits per heavy atom. The first-order chi connectivity index (χ1) is 27.9. The Kier molecular flexibility index (Phi) is 10.9. The number of allylic oxidation sites excluding steroid dienone is 1. The lowest BCUT2D eigenvalue weighted by molar-refractivity contribution is -0.113. The van der Waals surface area contributed by atoms with Crippen molar-refractivity contribution >= 4 is 63.4 Å². The molecule has 58 heavy (non-hydrogen) atoms. The molecule has 0 radical (unpaired) electrons. The molecule has 300 valence electrons. The minimum Gasteiger partial charge on any atom is -0.489 e. The zero-order valence-corrected chi connectivity index (χ0v) is 32.8. The Morgan fingerprint density at radius 3 is 1.88 bits per heavy atom. The fourth-order valence-electron chi connectivity index (χ4n) is 7.08. The van der Waals surface area contributed by atoms with E-state index in [0.717, 1.165) is 0 Å². The van der Waals surface area contributed by atoms with Gasteiger partial charge in [0, 0.05) is 31.6 Å². The Labute approximate surface area is 332 Å². The Hall–Kier alpha value is -7.16. The van der Waals surface area contributed by atoms with Crippen LogP contribution >= 0.6 is 0 Å². The van der Waals surface area contributed by atoms with Gasteiger partial charge in [-0.25, -0.2) is 19.6 Å². The van der Waals surface area contributed by atoms with Crippen molar-refractivity contribution in [1.29, 1.82) is 5.41 Å². The lowest BCUT2D eigenvalue weighted by Gasteiger charge is -2.27. The molecule has 0 unspecified atom stereocenters. The highest BCUT2D eigenvalue weighted by Crippen LogP contribution is 2.40. The van der Waals surface area contributed by atoms with Gasteiger partial charge in [0.05, 0.1) is 54.2 Å². The molecule has 2 aromatic carbocycles. The second-order valence-corrected chi connectivity index (χ2v) is 13.6. The van der Waals surface area contributed by atoms with Crippen molar-refractivity contribution in [3.63, 3.8) is 0 Å². The maximum atomic E-state index is 13.6. The van der Waals surface area contributed by atoms with Gasteiger partial charge in [0.2, 0.25) is 11.9 Å². The van der Waals surface area contributed by atoms with E-state index >= 15 is 0 Å². The van der Waals surface area contributed by atoms with Gasteiger partial charge in [-0.15, -0.1) is 11.8 Å². The summed E-state index contributed by atoms with van der Waals surface area (Å²) in [6, 6.07) is 7.26. The van der Waals surface area contributed by atoms with E-state index in [1.165, 1.54) is 20.3 Å². The third-order valence-corrected chi connectivity index (χ3v) is 9.59. The van der Waals surface area contributed by atoms with E-state index in [2.05, 4.69) is 32.9 Å². The molecule has 0 aliphatic carbocycles. The normalized spacial score (nSPS) is 15.4. The quantitative estimate of drug-likeness (QED) is 0.0592. The summed E-state index contributed by atoms with van der Waals surface area (Å²) >= 11 is 0. The van der Waals surface area contributed by atoms with Gasteiger partial charge in [-0.1, -0.05) is 0 Å². The average Bonchev–Trinajstić information content (AvgIpc) is 3.90. The van der Waals surface area contributed by atoms with Gasteiger partial charge in [0.25, 0.3) is 11.8 Å². The summed E-state index contributed by atoms with van der Waals surface area (Å²) in [5.41, 5.74) is 3.96. The van der Waals surface area contributed by atoms with Crippen LogP contribution in [0.15, 0.2) is 42.1 Å². The third kappa shape index (κ3) is 7.41. The van der Waals surface area contributed by atoms with E-state index in [4.69, 9.17) is 34.3 Å². The van der Waals surface area contributed by atoms with Crippen LogP contribution in [0.25, 0.3) is 22.1 Å². The first-order valence-electron chi connectivity index (χ1n) is 18.6. The smallest absolute Gasteiger partial charge is 0.338 e. The lowest BCUT2D eigenvalue weighted by atomic mass is 10.1. The number of hydrogen-bond donors (Lipinski definition) is 4. The molecular formula is C40H42N10O8. The van der Waals surface area contributed by atoms with Gasteiger partial charge >= 0.3 is 11.9 Å². The molecule has 0 saturated carbocycles. The molecule has 2 aliphatic heterocycles. The van der Waals surface area contributed by atoms with E-state index < -0.39 is 29.8 Å². The van der Waals surface area contributed by atoms with Crippen LogP contribution in [0, 0.1) is 24.2 Å². The SMILES string of the molecule is CCN/C(=C\C(C)=N)C(=O)Nc1nc2cc(C(=O)OC)cc3c2n1[C@@H](CC#CC[C@H]1COc2cc(C(=O)OC)cc4nc(NC(=O)c5cc(C)nn5CC)n1c24)CO3. The van der Waals surface area contributed by atoms with Gasteiger partial charge in [0.15, 0.2) is 0 Å². The molecule has 2 amide bonds. The molecule has 4 N–H and O–H groups in total. The van der Waals surface area contributed by atoms with Crippen LogP contribution in [0.4, 0.5) is 11.9 Å². The van der Waals surface area contributed by atoms with Gasteiger partial charge < -0.3 is 29.7 Å². The van der Waals surface area contributed by atoms with Crippen molar-refractivity contribution in [2.75, 3.05) is 44.6 Å². The van der Waals surface area contributed by atoms with E-state index in [1.54, 1.807) is 41.9 Å². The molecule has 2 aliphatic rings. The topological polar surface area (TPSA) is 219 Å². The van der Waals surface area contributed by atoms with Crippen molar-refractivity contribution in [3.05, 3.63) is 64.6 Å². The van der Waals surface area contributed by atoms with E-state index in [9.17, 15) is 19.2 Å². The fraction of sp³-hybridized carbons (Fsp3) is 0.350. The largest absolute Gasteiger partial charge is 0.489 e. The number of aryl methyl sites for hydroxylation is 2. The number of nitrogens with one attached hydrogen (secondary N) is 4. The number of likely N-dealkylation sites (N-methyl/N-ethyl adjacent to an activating group) is 1. The van der Waals surface area contributed by atoms with Gasteiger partial charge in [-0.3, -0.25) is 34.0 Å². The van der Waals surface area contributed by atoms with Crippen LogP contribution in [0.5, 0.6) is 11.5 Å². The summed E-state index contributed by atoms with van der Waals surface area (Å²) in [6.07, 6.45) is 2.02. The zero-order chi connectivity index (χ0) is 41.2. The highest BCUT2D eigenvalue weighted by molar-refractivity contribution is 6.08. The predicted octanol–water partition coefficient (Wildman–Crippen LogP) is 4.56. The monoisotopic (exact) mass is 790 g/mol.